The Labute approximate surface area is 169 Å². The number of aliphatic hydroxyl groups excluding tert-OH is 1. The topological polar surface area (TPSA) is 93.9 Å². The van der Waals surface area contributed by atoms with E-state index in [-0.39, 0.29) is 12.4 Å². The van der Waals surface area contributed by atoms with Crippen LogP contribution in [0.25, 0.3) is 11.4 Å². The van der Waals surface area contributed by atoms with Crippen molar-refractivity contribution in [3.63, 3.8) is 0 Å². The van der Waals surface area contributed by atoms with E-state index in [0.29, 0.717) is 29.6 Å². The van der Waals surface area contributed by atoms with Gasteiger partial charge in [0.1, 0.15) is 30.0 Å². The second-order valence-corrected chi connectivity index (χ2v) is 6.65. The van der Waals surface area contributed by atoms with Crippen LogP contribution in [0.1, 0.15) is 18.1 Å². The van der Waals surface area contributed by atoms with Crippen molar-refractivity contribution < 1.29 is 24.4 Å². The highest BCUT2D eigenvalue weighted by atomic mass is 16.5. The van der Waals surface area contributed by atoms with Crippen LogP contribution in [0.4, 0.5) is 0 Å². The van der Waals surface area contributed by atoms with Gasteiger partial charge in [0.2, 0.25) is 5.88 Å². The predicted molar refractivity (Wildman–Crippen MR) is 108 cm³/mol. The molecule has 0 amide bonds. The molecule has 2 N–H and O–H groups in total. The molecule has 3 rings (SSSR count). The van der Waals surface area contributed by atoms with Gasteiger partial charge in [0.15, 0.2) is 5.82 Å². The number of hydrogen-bond acceptors (Lipinski definition) is 7. The first kappa shape index (κ1) is 20.4. The maximum absolute atomic E-state index is 10.0. The van der Waals surface area contributed by atoms with Crippen LogP contribution in [0.15, 0.2) is 48.7 Å². The molecule has 1 unspecified atom stereocenters. The number of benzene rings is 2. The number of aromatic hydroxyl groups is 1. The molecule has 0 fully saturated rings. The minimum absolute atomic E-state index is 0.0208. The highest BCUT2D eigenvalue weighted by Crippen LogP contribution is 2.29. The van der Waals surface area contributed by atoms with Crippen LogP contribution in [-0.2, 0) is 6.61 Å². The molecule has 0 bridgehead atoms. The molecule has 152 valence electrons. The molecule has 0 aliphatic carbocycles. The average Bonchev–Trinajstić information content (AvgIpc) is 2.73. The Morgan fingerprint density at radius 3 is 2.52 bits per heavy atom. The third kappa shape index (κ3) is 5.36. The summed E-state index contributed by atoms with van der Waals surface area (Å²) in [7, 11) is 1.62. The van der Waals surface area contributed by atoms with E-state index < -0.39 is 6.10 Å². The monoisotopic (exact) mass is 396 g/mol. The number of aromatic nitrogens is 2. The molecule has 1 heterocycles. The number of hydrogen-bond donors (Lipinski definition) is 2. The predicted octanol–water partition coefficient (Wildman–Crippen LogP) is 3.50. The van der Waals surface area contributed by atoms with E-state index in [2.05, 4.69) is 9.97 Å². The molecule has 0 saturated heterocycles. The van der Waals surface area contributed by atoms with Gasteiger partial charge < -0.3 is 24.4 Å². The zero-order valence-electron chi connectivity index (χ0n) is 16.6. The zero-order valence-corrected chi connectivity index (χ0v) is 16.6. The second kappa shape index (κ2) is 9.25. The molecule has 29 heavy (non-hydrogen) atoms. The minimum atomic E-state index is -0.396. The van der Waals surface area contributed by atoms with Crippen LogP contribution in [0, 0.1) is 6.92 Å². The number of ether oxygens (including phenoxy) is 3. The Balaban J connectivity index is 1.81. The van der Waals surface area contributed by atoms with Gasteiger partial charge in [-0.05, 0) is 43.7 Å². The van der Waals surface area contributed by atoms with Gasteiger partial charge in [-0.3, -0.25) is 0 Å². The van der Waals surface area contributed by atoms with Crippen LogP contribution in [0.2, 0.25) is 0 Å². The van der Waals surface area contributed by atoms with Crippen molar-refractivity contribution in [1.29, 1.82) is 0 Å². The molecule has 0 spiro atoms. The maximum atomic E-state index is 10.0. The van der Waals surface area contributed by atoms with Crippen LogP contribution >= 0.6 is 0 Å². The summed E-state index contributed by atoms with van der Waals surface area (Å²) < 4.78 is 16.6. The van der Waals surface area contributed by atoms with Crippen LogP contribution in [0.5, 0.6) is 23.1 Å². The van der Waals surface area contributed by atoms with Crippen molar-refractivity contribution in [2.24, 2.45) is 0 Å². The Bertz CT molecular complexity index is 960. The molecule has 1 aromatic heterocycles. The minimum Gasteiger partial charge on any atom is -0.508 e. The van der Waals surface area contributed by atoms with Gasteiger partial charge in [-0.25, -0.2) is 4.98 Å². The van der Waals surface area contributed by atoms with Gasteiger partial charge >= 0.3 is 0 Å². The summed E-state index contributed by atoms with van der Waals surface area (Å²) in [5.74, 6) is 2.09. The number of aliphatic hydroxyl groups is 1. The van der Waals surface area contributed by atoms with E-state index in [1.54, 1.807) is 32.4 Å². The van der Waals surface area contributed by atoms with E-state index in [4.69, 9.17) is 19.3 Å². The smallest absolute Gasteiger partial charge is 0.220 e. The Morgan fingerprint density at radius 2 is 1.83 bits per heavy atom. The lowest BCUT2D eigenvalue weighted by Crippen LogP contribution is -2.16. The first-order valence-electron chi connectivity index (χ1n) is 9.20. The first-order chi connectivity index (χ1) is 14.0. The van der Waals surface area contributed by atoms with Crippen molar-refractivity contribution in [3.8, 4) is 34.5 Å². The number of nitrogens with zero attached hydrogens (tertiary/aromatic N) is 2. The van der Waals surface area contributed by atoms with Crippen LogP contribution < -0.4 is 14.2 Å². The van der Waals surface area contributed by atoms with E-state index >= 15 is 0 Å². The summed E-state index contributed by atoms with van der Waals surface area (Å²) in [4.78, 5) is 8.84. The Kier molecular flexibility index (Phi) is 6.51. The molecular weight excluding hydrogens is 372 g/mol. The van der Waals surface area contributed by atoms with Crippen molar-refractivity contribution in [3.05, 3.63) is 59.8 Å². The lowest BCUT2D eigenvalue weighted by Gasteiger charge is -2.14. The molecule has 2 aromatic carbocycles. The molecule has 3 aromatic rings. The van der Waals surface area contributed by atoms with E-state index in [1.807, 2.05) is 31.2 Å². The number of rotatable bonds is 8. The standard InChI is InChI=1S/C22H24N2O5/c1-14-11-23-21(17-8-18(26)10-20(9-17)29-15(2)12-25)24-22(14)28-13-16-4-6-19(27-3)7-5-16/h4-11,15,25-26H,12-13H2,1-3H3. The highest BCUT2D eigenvalue weighted by Gasteiger charge is 2.12. The summed E-state index contributed by atoms with van der Waals surface area (Å²) in [5, 5.41) is 19.2. The number of phenolic OH excluding ortho intramolecular Hbond substituents is 1. The fourth-order valence-electron chi connectivity index (χ4n) is 2.64. The van der Waals surface area contributed by atoms with E-state index in [9.17, 15) is 5.11 Å². The molecule has 0 aliphatic heterocycles. The highest BCUT2D eigenvalue weighted by molar-refractivity contribution is 5.61. The third-order valence-corrected chi connectivity index (χ3v) is 4.20. The summed E-state index contributed by atoms with van der Waals surface area (Å²) >= 11 is 0. The Hall–Kier alpha value is -3.32. The van der Waals surface area contributed by atoms with E-state index in [1.165, 1.54) is 6.07 Å². The lowest BCUT2D eigenvalue weighted by atomic mass is 10.2. The summed E-state index contributed by atoms with van der Waals surface area (Å²) in [6, 6.07) is 12.3. The van der Waals surface area contributed by atoms with Crippen LogP contribution in [-0.4, -0.2) is 40.0 Å². The Morgan fingerprint density at radius 1 is 1.07 bits per heavy atom. The van der Waals surface area contributed by atoms with Gasteiger partial charge in [-0.1, -0.05) is 12.1 Å². The fraction of sp³-hybridized carbons (Fsp3) is 0.273. The summed E-state index contributed by atoms with van der Waals surface area (Å²) in [6.07, 6.45) is 1.28. The van der Waals surface area contributed by atoms with Gasteiger partial charge in [-0.15, -0.1) is 0 Å². The van der Waals surface area contributed by atoms with Gasteiger partial charge in [-0.2, -0.15) is 4.98 Å². The fourth-order valence-corrected chi connectivity index (χ4v) is 2.64. The largest absolute Gasteiger partial charge is 0.508 e. The molecule has 1 atom stereocenters. The van der Waals surface area contributed by atoms with Crippen molar-refractivity contribution >= 4 is 0 Å². The van der Waals surface area contributed by atoms with Gasteiger partial charge in [0.25, 0.3) is 0 Å². The zero-order chi connectivity index (χ0) is 20.8. The second-order valence-electron chi connectivity index (χ2n) is 6.65. The summed E-state index contributed by atoms with van der Waals surface area (Å²) in [6.45, 7) is 3.82. The normalized spacial score (nSPS) is 11.7. The molecular formula is C22H24N2O5. The molecule has 7 heteroatoms. The SMILES string of the molecule is COc1ccc(COc2nc(-c3cc(O)cc(OC(C)CO)c3)ncc2C)cc1. The van der Waals surface area contributed by atoms with Gasteiger partial charge in [0.05, 0.1) is 13.7 Å². The lowest BCUT2D eigenvalue weighted by molar-refractivity contribution is 0.129. The van der Waals surface area contributed by atoms with Crippen molar-refractivity contribution in [2.75, 3.05) is 13.7 Å². The molecule has 7 nitrogen and oxygen atoms in total. The number of methoxy groups -OCH3 is 1. The van der Waals surface area contributed by atoms with Crippen molar-refractivity contribution in [1.82, 2.24) is 9.97 Å². The third-order valence-electron chi connectivity index (χ3n) is 4.20. The molecule has 0 saturated carbocycles. The number of phenols is 1. The van der Waals surface area contributed by atoms with Crippen molar-refractivity contribution in [2.45, 2.75) is 26.6 Å². The van der Waals surface area contributed by atoms with E-state index in [0.717, 1.165) is 16.9 Å². The quantitative estimate of drug-likeness (QED) is 0.602. The van der Waals surface area contributed by atoms with Gasteiger partial charge in [0, 0.05) is 23.4 Å². The maximum Gasteiger partial charge on any atom is 0.220 e. The average molecular weight is 396 g/mol. The molecule has 0 aliphatic rings. The molecule has 0 radical (unpaired) electrons. The summed E-state index contributed by atoms with van der Waals surface area (Å²) in [5.41, 5.74) is 2.36. The van der Waals surface area contributed by atoms with Crippen LogP contribution in [0.3, 0.4) is 0 Å². The number of aryl methyl sites for hydroxylation is 1. The first-order valence-corrected chi connectivity index (χ1v) is 9.20.